The van der Waals surface area contributed by atoms with Crippen LogP contribution in [0.1, 0.15) is 37.5 Å². The van der Waals surface area contributed by atoms with Crippen LogP contribution in [0.4, 0.5) is 0 Å². The maximum atomic E-state index is 9.46. The SMILES string of the molecule is CC.CCc1cccc(C)c1.COc1cc(C)cc(OC)c1O. The summed E-state index contributed by atoms with van der Waals surface area (Å²) in [6.45, 7) is 10.2. The molecule has 0 fully saturated rings. The second-order valence-electron chi connectivity index (χ2n) is 4.86. The van der Waals surface area contributed by atoms with Gasteiger partial charge in [-0.25, -0.2) is 0 Å². The van der Waals surface area contributed by atoms with E-state index in [1.807, 2.05) is 20.8 Å². The van der Waals surface area contributed by atoms with Crippen molar-refractivity contribution < 1.29 is 14.6 Å². The van der Waals surface area contributed by atoms with Gasteiger partial charge in [-0.1, -0.05) is 50.6 Å². The summed E-state index contributed by atoms with van der Waals surface area (Å²) in [6, 6.07) is 12.1. The normalized spacial score (nSPS) is 9.00. The number of ether oxygens (including phenoxy) is 2. The Hall–Kier alpha value is -2.16. The topological polar surface area (TPSA) is 38.7 Å². The summed E-state index contributed by atoms with van der Waals surface area (Å²) in [5.41, 5.74) is 3.77. The summed E-state index contributed by atoms with van der Waals surface area (Å²) >= 11 is 0. The van der Waals surface area contributed by atoms with Gasteiger partial charge in [-0.15, -0.1) is 0 Å². The minimum atomic E-state index is 0.0469. The van der Waals surface area contributed by atoms with Crippen molar-refractivity contribution in [2.45, 2.75) is 41.0 Å². The van der Waals surface area contributed by atoms with Gasteiger partial charge in [0.1, 0.15) is 0 Å². The number of rotatable bonds is 3. The van der Waals surface area contributed by atoms with Gasteiger partial charge in [0.05, 0.1) is 14.2 Å². The largest absolute Gasteiger partial charge is 0.502 e. The highest BCUT2D eigenvalue weighted by molar-refractivity contribution is 5.52. The first-order valence-electron chi connectivity index (χ1n) is 7.99. The van der Waals surface area contributed by atoms with E-state index in [2.05, 4.69) is 38.1 Å². The summed E-state index contributed by atoms with van der Waals surface area (Å²) in [5, 5.41) is 9.46. The van der Waals surface area contributed by atoms with Crippen LogP contribution in [0.15, 0.2) is 36.4 Å². The van der Waals surface area contributed by atoms with Gasteiger partial charge < -0.3 is 14.6 Å². The first-order chi connectivity index (χ1) is 11.0. The van der Waals surface area contributed by atoms with E-state index in [0.717, 1.165) is 12.0 Å². The van der Waals surface area contributed by atoms with Crippen LogP contribution in [0.5, 0.6) is 17.2 Å². The molecule has 0 aliphatic heterocycles. The predicted molar refractivity (Wildman–Crippen MR) is 97.9 cm³/mol. The average Bonchev–Trinajstić information content (AvgIpc) is 2.58. The number of benzene rings is 2. The zero-order valence-corrected chi connectivity index (χ0v) is 15.4. The number of hydrogen-bond acceptors (Lipinski definition) is 3. The molecule has 0 spiro atoms. The van der Waals surface area contributed by atoms with Crippen molar-refractivity contribution in [3.8, 4) is 17.2 Å². The number of aromatic hydroxyl groups is 1. The Morgan fingerprint density at radius 3 is 1.74 bits per heavy atom. The number of phenolic OH excluding ortho intramolecular Hbond substituents is 1. The van der Waals surface area contributed by atoms with Crippen molar-refractivity contribution in [3.63, 3.8) is 0 Å². The number of phenols is 1. The lowest BCUT2D eigenvalue weighted by molar-refractivity contribution is 0.339. The molecular weight excluding hydrogens is 288 g/mol. The Labute approximate surface area is 140 Å². The van der Waals surface area contributed by atoms with E-state index in [9.17, 15) is 5.11 Å². The van der Waals surface area contributed by atoms with Crippen LogP contribution in [-0.4, -0.2) is 19.3 Å². The molecule has 0 heterocycles. The third-order valence-corrected chi connectivity index (χ3v) is 3.11. The molecule has 0 aliphatic rings. The summed E-state index contributed by atoms with van der Waals surface area (Å²) < 4.78 is 9.88. The van der Waals surface area contributed by atoms with Gasteiger partial charge in [0, 0.05) is 0 Å². The van der Waals surface area contributed by atoms with E-state index in [4.69, 9.17) is 9.47 Å². The average molecular weight is 318 g/mol. The van der Waals surface area contributed by atoms with Crippen molar-refractivity contribution in [2.75, 3.05) is 14.2 Å². The maximum absolute atomic E-state index is 9.46. The van der Waals surface area contributed by atoms with Gasteiger partial charge in [-0.05, 0) is 43.5 Å². The molecular formula is C20H30O3. The number of hydrogen-bond donors (Lipinski definition) is 1. The third kappa shape index (κ3) is 7.09. The molecule has 128 valence electrons. The molecule has 2 rings (SSSR count). The van der Waals surface area contributed by atoms with Crippen LogP contribution in [0.3, 0.4) is 0 Å². The van der Waals surface area contributed by atoms with Crippen LogP contribution in [-0.2, 0) is 6.42 Å². The first kappa shape index (κ1) is 20.8. The van der Waals surface area contributed by atoms with E-state index in [1.165, 1.54) is 25.3 Å². The van der Waals surface area contributed by atoms with E-state index < -0.39 is 0 Å². The second kappa shape index (κ2) is 11.4. The van der Waals surface area contributed by atoms with Crippen molar-refractivity contribution >= 4 is 0 Å². The predicted octanol–water partition coefficient (Wildman–Crippen LogP) is 5.30. The lowest BCUT2D eigenvalue weighted by Crippen LogP contribution is -1.89. The molecule has 0 aliphatic carbocycles. The number of methoxy groups -OCH3 is 2. The molecule has 23 heavy (non-hydrogen) atoms. The molecule has 0 amide bonds. The van der Waals surface area contributed by atoms with Crippen LogP contribution in [0.2, 0.25) is 0 Å². The van der Waals surface area contributed by atoms with Crippen LogP contribution < -0.4 is 9.47 Å². The fraction of sp³-hybridized carbons (Fsp3) is 0.400. The highest BCUT2D eigenvalue weighted by atomic mass is 16.5. The van der Waals surface area contributed by atoms with Crippen molar-refractivity contribution in [1.82, 2.24) is 0 Å². The Kier molecular flexibility index (Phi) is 10.3. The maximum Gasteiger partial charge on any atom is 0.200 e. The molecule has 0 saturated carbocycles. The van der Waals surface area contributed by atoms with Crippen molar-refractivity contribution in [2.24, 2.45) is 0 Å². The van der Waals surface area contributed by atoms with E-state index in [0.29, 0.717) is 11.5 Å². The molecule has 2 aromatic rings. The van der Waals surface area contributed by atoms with Gasteiger partial charge in [-0.2, -0.15) is 0 Å². The molecule has 0 saturated heterocycles. The van der Waals surface area contributed by atoms with Crippen LogP contribution >= 0.6 is 0 Å². The summed E-state index contributed by atoms with van der Waals surface area (Å²) in [5.74, 6) is 0.921. The van der Waals surface area contributed by atoms with E-state index in [1.54, 1.807) is 12.1 Å². The zero-order chi connectivity index (χ0) is 17.8. The molecule has 1 N–H and O–H groups in total. The minimum Gasteiger partial charge on any atom is -0.502 e. The summed E-state index contributed by atoms with van der Waals surface area (Å²) in [7, 11) is 3.02. The Balaban J connectivity index is 0.000000392. The van der Waals surface area contributed by atoms with Gasteiger partial charge in [-0.3, -0.25) is 0 Å². The van der Waals surface area contributed by atoms with Crippen molar-refractivity contribution in [1.29, 1.82) is 0 Å². The first-order valence-corrected chi connectivity index (χ1v) is 7.99. The van der Waals surface area contributed by atoms with Gasteiger partial charge in [0.25, 0.3) is 0 Å². The fourth-order valence-electron chi connectivity index (χ4n) is 1.96. The Morgan fingerprint density at radius 1 is 0.870 bits per heavy atom. The molecule has 0 unspecified atom stereocenters. The minimum absolute atomic E-state index is 0.0469. The monoisotopic (exact) mass is 318 g/mol. The van der Waals surface area contributed by atoms with Crippen LogP contribution in [0, 0.1) is 13.8 Å². The summed E-state index contributed by atoms with van der Waals surface area (Å²) in [4.78, 5) is 0. The molecule has 3 nitrogen and oxygen atoms in total. The van der Waals surface area contributed by atoms with E-state index >= 15 is 0 Å². The van der Waals surface area contributed by atoms with E-state index in [-0.39, 0.29) is 5.75 Å². The standard InChI is InChI=1S/C9H12O3.C9H12.C2H6/c1-6-4-7(11-2)9(10)8(5-6)12-3;1-3-9-6-4-5-8(2)7-9;1-2/h4-5,10H,1-3H3;4-7H,3H2,1-2H3;1-2H3. The Bertz CT molecular complexity index is 552. The quantitative estimate of drug-likeness (QED) is 0.834. The number of aryl methyl sites for hydroxylation is 3. The second-order valence-corrected chi connectivity index (χ2v) is 4.86. The molecule has 0 aromatic heterocycles. The molecule has 0 radical (unpaired) electrons. The lowest BCUT2D eigenvalue weighted by Gasteiger charge is -2.08. The zero-order valence-electron chi connectivity index (χ0n) is 15.4. The van der Waals surface area contributed by atoms with Crippen molar-refractivity contribution in [3.05, 3.63) is 53.1 Å². The van der Waals surface area contributed by atoms with Crippen LogP contribution in [0.25, 0.3) is 0 Å². The molecule has 2 aromatic carbocycles. The molecule has 3 heteroatoms. The Morgan fingerprint density at radius 2 is 1.39 bits per heavy atom. The summed E-state index contributed by atoms with van der Waals surface area (Å²) in [6.07, 6.45) is 1.14. The van der Waals surface area contributed by atoms with Gasteiger partial charge in [0.15, 0.2) is 11.5 Å². The lowest BCUT2D eigenvalue weighted by atomic mass is 10.1. The molecule has 0 atom stereocenters. The highest BCUT2D eigenvalue weighted by Crippen LogP contribution is 2.36. The van der Waals surface area contributed by atoms with Gasteiger partial charge in [0.2, 0.25) is 5.75 Å². The fourth-order valence-corrected chi connectivity index (χ4v) is 1.96. The third-order valence-electron chi connectivity index (χ3n) is 3.11. The van der Waals surface area contributed by atoms with Gasteiger partial charge >= 0.3 is 0 Å². The molecule has 0 bridgehead atoms. The highest BCUT2D eigenvalue weighted by Gasteiger charge is 2.08. The smallest absolute Gasteiger partial charge is 0.200 e.